The van der Waals surface area contributed by atoms with E-state index >= 15 is 0 Å². The van der Waals surface area contributed by atoms with E-state index in [0.29, 0.717) is 27.8 Å². The number of aromatic amines is 1. The molecule has 7 heteroatoms. The Morgan fingerprint density at radius 2 is 1.68 bits per heavy atom. The van der Waals surface area contributed by atoms with Crippen LogP contribution in [0.4, 0.5) is 15.9 Å². The van der Waals surface area contributed by atoms with Crippen LogP contribution in [0.3, 0.4) is 0 Å². The van der Waals surface area contributed by atoms with Crippen LogP contribution >= 0.6 is 0 Å². The minimum atomic E-state index is -0.445. The summed E-state index contributed by atoms with van der Waals surface area (Å²) >= 11 is 0. The van der Waals surface area contributed by atoms with Crippen LogP contribution in [-0.4, -0.2) is 48.1 Å². The van der Waals surface area contributed by atoms with Crippen molar-refractivity contribution in [2.24, 2.45) is 0 Å². The van der Waals surface area contributed by atoms with E-state index in [1.807, 2.05) is 6.07 Å². The van der Waals surface area contributed by atoms with Gasteiger partial charge in [-0.3, -0.25) is 4.79 Å². The molecule has 0 spiro atoms. The van der Waals surface area contributed by atoms with Gasteiger partial charge < -0.3 is 20.5 Å². The van der Waals surface area contributed by atoms with Gasteiger partial charge in [0.15, 0.2) is 0 Å². The number of hydrogen-bond donors (Lipinski definition) is 2. The van der Waals surface area contributed by atoms with E-state index in [1.54, 1.807) is 18.3 Å². The van der Waals surface area contributed by atoms with Gasteiger partial charge in [0.05, 0.1) is 5.69 Å². The number of pyridine rings is 2. The average Bonchev–Trinajstić information content (AvgIpc) is 2.80. The quantitative estimate of drug-likeness (QED) is 0.478. The number of aromatic nitrogens is 2. The topological polar surface area (TPSA) is 78.2 Å². The van der Waals surface area contributed by atoms with Gasteiger partial charge >= 0.3 is 0 Å². The van der Waals surface area contributed by atoms with Gasteiger partial charge in [0.1, 0.15) is 11.6 Å². The van der Waals surface area contributed by atoms with Crippen molar-refractivity contribution in [2.45, 2.75) is 13.8 Å². The lowest BCUT2D eigenvalue weighted by Gasteiger charge is -2.36. The zero-order valence-electron chi connectivity index (χ0n) is 19.7. The van der Waals surface area contributed by atoms with Crippen molar-refractivity contribution in [3.63, 3.8) is 0 Å². The number of nitrogens with two attached hydrogens (primary N) is 1. The highest BCUT2D eigenvalue weighted by atomic mass is 19.1. The number of anilines is 2. The molecule has 0 bridgehead atoms. The molecule has 174 valence electrons. The predicted molar refractivity (Wildman–Crippen MR) is 137 cm³/mol. The Balaban J connectivity index is 1.55. The number of likely N-dealkylation sites (N-methyl/N-ethyl adjacent to an activating group) is 1. The molecule has 1 fully saturated rings. The molecule has 0 radical (unpaired) electrons. The van der Waals surface area contributed by atoms with E-state index in [0.717, 1.165) is 37.3 Å². The second-order valence-electron chi connectivity index (χ2n) is 9.15. The lowest BCUT2D eigenvalue weighted by molar-refractivity contribution is 0.312. The maximum Gasteiger partial charge on any atom is 0.256 e. The Labute approximate surface area is 197 Å². The smallest absolute Gasteiger partial charge is 0.256 e. The van der Waals surface area contributed by atoms with Crippen molar-refractivity contribution >= 4 is 22.3 Å². The molecule has 2 aromatic carbocycles. The highest BCUT2D eigenvalue weighted by molar-refractivity contribution is 5.87. The molecule has 5 rings (SSSR count). The van der Waals surface area contributed by atoms with Crippen LogP contribution in [-0.2, 0) is 0 Å². The monoisotopic (exact) mass is 457 g/mol. The van der Waals surface area contributed by atoms with Crippen LogP contribution in [0.1, 0.15) is 11.1 Å². The number of H-pyrrole nitrogens is 1. The van der Waals surface area contributed by atoms with E-state index in [2.05, 4.69) is 52.8 Å². The van der Waals surface area contributed by atoms with Crippen molar-refractivity contribution in [2.75, 3.05) is 43.9 Å². The summed E-state index contributed by atoms with van der Waals surface area (Å²) in [7, 11) is 2.16. The lowest BCUT2D eigenvalue weighted by atomic mass is 9.97. The van der Waals surface area contributed by atoms with Crippen LogP contribution in [0.15, 0.2) is 53.5 Å². The number of aryl methyl sites for hydroxylation is 2. The second-order valence-corrected chi connectivity index (χ2v) is 9.15. The Morgan fingerprint density at radius 3 is 2.38 bits per heavy atom. The Bertz CT molecular complexity index is 1430. The van der Waals surface area contributed by atoms with Crippen molar-refractivity contribution in [3.05, 3.63) is 76.0 Å². The third-order valence-electron chi connectivity index (χ3n) is 6.66. The normalized spacial score (nSPS) is 14.6. The van der Waals surface area contributed by atoms with Crippen molar-refractivity contribution < 1.29 is 4.39 Å². The van der Waals surface area contributed by atoms with Crippen LogP contribution in [0.25, 0.3) is 33.2 Å². The first-order chi connectivity index (χ1) is 16.3. The third-order valence-corrected chi connectivity index (χ3v) is 6.66. The number of nitrogens with one attached hydrogen (secondary N) is 1. The number of fused-ring (bicyclic) bond motifs is 1. The van der Waals surface area contributed by atoms with Crippen LogP contribution in [0, 0.1) is 19.7 Å². The van der Waals surface area contributed by atoms with E-state index < -0.39 is 5.82 Å². The summed E-state index contributed by atoms with van der Waals surface area (Å²) in [6, 6.07) is 12.3. The summed E-state index contributed by atoms with van der Waals surface area (Å²) < 4.78 is 13.6. The van der Waals surface area contributed by atoms with Gasteiger partial charge in [0.2, 0.25) is 0 Å². The van der Waals surface area contributed by atoms with Gasteiger partial charge in [0, 0.05) is 54.6 Å². The van der Waals surface area contributed by atoms with Gasteiger partial charge in [-0.15, -0.1) is 0 Å². The number of nitrogen functional groups attached to an aromatic ring is 1. The molecular weight excluding hydrogens is 429 g/mol. The van der Waals surface area contributed by atoms with Gasteiger partial charge in [-0.05, 0) is 79.4 Å². The number of hydrogen-bond acceptors (Lipinski definition) is 5. The van der Waals surface area contributed by atoms with E-state index in [4.69, 9.17) is 5.73 Å². The molecule has 1 saturated heterocycles. The Hall–Kier alpha value is -3.71. The maximum absolute atomic E-state index is 13.6. The summed E-state index contributed by atoms with van der Waals surface area (Å²) in [5.74, 6) is -0.122. The molecule has 34 heavy (non-hydrogen) atoms. The fourth-order valence-corrected chi connectivity index (χ4v) is 4.88. The largest absolute Gasteiger partial charge is 0.383 e. The lowest BCUT2D eigenvalue weighted by Crippen LogP contribution is -2.45. The molecule has 1 aliphatic rings. The minimum absolute atomic E-state index is 0.303. The third kappa shape index (κ3) is 4.03. The van der Waals surface area contributed by atoms with Crippen LogP contribution < -0.4 is 16.2 Å². The second kappa shape index (κ2) is 8.57. The van der Waals surface area contributed by atoms with E-state index in [1.165, 1.54) is 28.9 Å². The van der Waals surface area contributed by atoms with Crippen molar-refractivity contribution in [1.82, 2.24) is 14.9 Å². The molecule has 0 saturated carbocycles. The molecule has 3 N–H and O–H groups in total. The van der Waals surface area contributed by atoms with Gasteiger partial charge in [-0.2, -0.15) is 0 Å². The number of nitrogens with zero attached hydrogens (tertiary/aromatic N) is 3. The standard InChI is InChI=1S/C27H28FN5O/c1-16-10-19(11-17(2)25(16)33-8-6-32(3)7-9-33)20-12-23(26(29)30-15-20)24-13-18-4-5-21(28)14-22(18)27(34)31-24/h4-5,10-15H,6-9H2,1-3H3,(H2,29,30)(H,31,34). The SMILES string of the molecule is Cc1cc(-c2cnc(N)c(-c3cc4ccc(F)cc4c(=O)[nH]3)c2)cc(C)c1N1CCN(C)CC1. The fraction of sp³-hybridized carbons (Fsp3) is 0.259. The highest BCUT2D eigenvalue weighted by Crippen LogP contribution is 2.34. The van der Waals surface area contributed by atoms with Crippen LogP contribution in [0.2, 0.25) is 0 Å². The molecule has 3 heterocycles. The summed E-state index contributed by atoms with van der Waals surface area (Å²) in [6.45, 7) is 8.45. The summed E-state index contributed by atoms with van der Waals surface area (Å²) in [4.78, 5) is 24.7. The first-order valence-corrected chi connectivity index (χ1v) is 11.4. The first-order valence-electron chi connectivity index (χ1n) is 11.4. The Kier molecular flexibility index (Phi) is 5.57. The number of halogens is 1. The maximum atomic E-state index is 13.6. The molecule has 2 aromatic heterocycles. The molecule has 0 atom stereocenters. The van der Waals surface area contributed by atoms with Gasteiger partial charge in [0.25, 0.3) is 5.56 Å². The molecule has 0 amide bonds. The number of rotatable bonds is 3. The molecule has 0 aliphatic carbocycles. The molecule has 6 nitrogen and oxygen atoms in total. The van der Waals surface area contributed by atoms with Crippen molar-refractivity contribution in [1.29, 1.82) is 0 Å². The van der Waals surface area contributed by atoms with Crippen LogP contribution in [0.5, 0.6) is 0 Å². The summed E-state index contributed by atoms with van der Waals surface area (Å²) in [6.07, 6.45) is 1.76. The zero-order chi connectivity index (χ0) is 24.0. The molecule has 1 aliphatic heterocycles. The number of piperazine rings is 1. The van der Waals surface area contributed by atoms with E-state index in [9.17, 15) is 9.18 Å². The summed E-state index contributed by atoms with van der Waals surface area (Å²) in [5, 5.41) is 0.949. The van der Waals surface area contributed by atoms with Gasteiger partial charge in [-0.1, -0.05) is 6.07 Å². The fourth-order valence-electron chi connectivity index (χ4n) is 4.88. The zero-order valence-corrected chi connectivity index (χ0v) is 19.7. The molecule has 4 aromatic rings. The van der Waals surface area contributed by atoms with E-state index in [-0.39, 0.29) is 5.56 Å². The average molecular weight is 458 g/mol. The van der Waals surface area contributed by atoms with Crippen molar-refractivity contribution in [3.8, 4) is 22.4 Å². The predicted octanol–water partition coefficient (Wildman–Crippen LogP) is 4.35. The first kappa shape index (κ1) is 22.1. The minimum Gasteiger partial charge on any atom is -0.383 e. The summed E-state index contributed by atoms with van der Waals surface area (Å²) in [5.41, 5.74) is 12.7. The number of benzene rings is 2. The Morgan fingerprint density at radius 1 is 0.971 bits per heavy atom. The molecular formula is C27H28FN5O. The molecule has 0 unspecified atom stereocenters. The van der Waals surface area contributed by atoms with Gasteiger partial charge in [-0.25, -0.2) is 9.37 Å². The highest BCUT2D eigenvalue weighted by Gasteiger charge is 2.19.